The van der Waals surface area contributed by atoms with Crippen LogP contribution >= 0.6 is 0 Å². The van der Waals surface area contributed by atoms with Crippen LogP contribution in [0.1, 0.15) is 85.6 Å². The Labute approximate surface area is 274 Å². The third-order valence-corrected chi connectivity index (χ3v) is 9.09. The van der Waals surface area contributed by atoms with Crippen LogP contribution in [0.3, 0.4) is 0 Å². The molecule has 9 heteroatoms. The molecule has 2 heterocycles. The maximum atomic E-state index is 12.8. The third kappa shape index (κ3) is 11.8. The lowest BCUT2D eigenvalue weighted by Crippen LogP contribution is -2.42. The topological polar surface area (TPSA) is 146 Å². The number of hydrogen-bond acceptors (Lipinski definition) is 9. The largest absolute Gasteiger partial charge is 0.457 e. The SMILES string of the molecule is CCC(O)C(C)C1OC1CC(C)(O)C=CC=C(C)C1OC(=O)CC(O)CCC(C)(O)C(OC(=O)CCc2ccccc2)C=CC1C. The summed E-state index contributed by atoms with van der Waals surface area (Å²) in [5, 5.41) is 43.0. The second kappa shape index (κ2) is 16.8. The van der Waals surface area contributed by atoms with Crippen LogP contribution in [-0.2, 0) is 30.2 Å². The van der Waals surface area contributed by atoms with E-state index in [-0.39, 0.29) is 49.7 Å². The molecule has 2 aliphatic rings. The second-order valence-corrected chi connectivity index (χ2v) is 13.6. The number of hydrogen-bond donors (Lipinski definition) is 4. The van der Waals surface area contributed by atoms with E-state index in [0.29, 0.717) is 24.8 Å². The van der Waals surface area contributed by atoms with Crippen LogP contribution in [-0.4, -0.2) is 80.2 Å². The number of aliphatic hydroxyl groups is 4. The van der Waals surface area contributed by atoms with Crippen molar-refractivity contribution < 1.29 is 44.2 Å². The smallest absolute Gasteiger partial charge is 0.309 e. The summed E-state index contributed by atoms with van der Waals surface area (Å²) in [6, 6.07) is 9.60. The van der Waals surface area contributed by atoms with Crippen molar-refractivity contribution in [3.63, 3.8) is 0 Å². The zero-order valence-electron chi connectivity index (χ0n) is 28.2. The van der Waals surface area contributed by atoms with Gasteiger partial charge >= 0.3 is 11.9 Å². The van der Waals surface area contributed by atoms with Gasteiger partial charge in [-0.05, 0) is 63.7 Å². The molecule has 9 nitrogen and oxygen atoms in total. The Morgan fingerprint density at radius 3 is 2.61 bits per heavy atom. The van der Waals surface area contributed by atoms with Crippen LogP contribution in [0, 0.1) is 11.8 Å². The fraction of sp³-hybridized carbons (Fsp3) is 0.622. The van der Waals surface area contributed by atoms with Crippen molar-refractivity contribution in [2.45, 2.75) is 134 Å². The van der Waals surface area contributed by atoms with Crippen molar-refractivity contribution in [1.82, 2.24) is 0 Å². The van der Waals surface area contributed by atoms with Gasteiger partial charge < -0.3 is 34.6 Å². The van der Waals surface area contributed by atoms with Crippen LogP contribution < -0.4 is 0 Å². The summed E-state index contributed by atoms with van der Waals surface area (Å²) >= 11 is 0. The fourth-order valence-corrected chi connectivity index (χ4v) is 5.89. The number of esters is 2. The maximum Gasteiger partial charge on any atom is 0.309 e. The first-order valence-corrected chi connectivity index (χ1v) is 16.6. The van der Waals surface area contributed by atoms with E-state index in [9.17, 15) is 30.0 Å². The average molecular weight is 643 g/mol. The van der Waals surface area contributed by atoms with Crippen LogP contribution in [0.4, 0.5) is 0 Å². The Hall–Kier alpha value is -2.82. The van der Waals surface area contributed by atoms with Gasteiger partial charge in [0.1, 0.15) is 17.8 Å². The van der Waals surface area contributed by atoms with Crippen LogP contribution in [0.15, 0.2) is 66.3 Å². The summed E-state index contributed by atoms with van der Waals surface area (Å²) in [5.41, 5.74) is -0.929. The summed E-state index contributed by atoms with van der Waals surface area (Å²) in [6.07, 6.45) is 6.82. The van der Waals surface area contributed by atoms with Gasteiger partial charge in [0.05, 0.1) is 36.4 Å². The molecule has 0 amide bonds. The fourth-order valence-electron chi connectivity index (χ4n) is 5.89. The molecule has 1 fully saturated rings. The number of aliphatic hydroxyl groups excluding tert-OH is 2. The standard InChI is InChI=1S/C37H54O9/c1-7-29(39)26(4)35-30(44-35)23-36(5,42)20-11-12-24(2)34-25(3)15-17-31(37(6,43)21-19-28(38)22-33(41)46-34)45-32(40)18-16-27-13-9-8-10-14-27/h8-15,17,20,25-26,28-31,34-35,38-39,42-43H,7,16,18-19,21-23H2,1-6H3. The number of ether oxygens (including phenoxy) is 3. The van der Waals surface area contributed by atoms with Crippen molar-refractivity contribution in [3.8, 4) is 0 Å². The molecular formula is C37H54O9. The Morgan fingerprint density at radius 2 is 1.93 bits per heavy atom. The second-order valence-electron chi connectivity index (χ2n) is 13.6. The summed E-state index contributed by atoms with van der Waals surface area (Å²) in [7, 11) is 0. The van der Waals surface area contributed by atoms with E-state index in [1.54, 1.807) is 44.2 Å². The molecule has 0 radical (unpaired) electrons. The van der Waals surface area contributed by atoms with E-state index < -0.39 is 47.6 Å². The number of allylic oxidation sites excluding steroid dienone is 2. The molecule has 0 spiro atoms. The van der Waals surface area contributed by atoms with Crippen LogP contribution in [0.25, 0.3) is 0 Å². The molecule has 10 atom stereocenters. The molecule has 4 N–H and O–H groups in total. The summed E-state index contributed by atoms with van der Waals surface area (Å²) < 4.78 is 17.3. The van der Waals surface area contributed by atoms with Crippen molar-refractivity contribution in [1.29, 1.82) is 0 Å². The first kappa shape index (κ1) is 37.6. The molecule has 3 rings (SSSR count). The average Bonchev–Trinajstić information content (AvgIpc) is 3.76. The number of cyclic esters (lactones) is 1. The molecule has 0 aliphatic carbocycles. The Bertz CT molecular complexity index is 1220. The predicted octanol–water partition coefficient (Wildman–Crippen LogP) is 4.75. The minimum atomic E-state index is -1.48. The van der Waals surface area contributed by atoms with E-state index in [2.05, 4.69) is 0 Å². The molecule has 1 saturated heterocycles. The first-order valence-electron chi connectivity index (χ1n) is 16.6. The van der Waals surface area contributed by atoms with E-state index in [1.807, 2.05) is 58.0 Å². The van der Waals surface area contributed by atoms with Gasteiger partial charge in [0.2, 0.25) is 0 Å². The first-order chi connectivity index (χ1) is 21.6. The lowest BCUT2D eigenvalue weighted by Gasteiger charge is -2.32. The van der Waals surface area contributed by atoms with Gasteiger partial charge in [-0.3, -0.25) is 9.59 Å². The number of aryl methyl sites for hydroxylation is 1. The number of benzene rings is 1. The van der Waals surface area contributed by atoms with Crippen LogP contribution in [0.2, 0.25) is 0 Å². The minimum absolute atomic E-state index is 0.0122. The quantitative estimate of drug-likeness (QED) is 0.110. The number of epoxide rings is 1. The highest BCUT2D eigenvalue weighted by molar-refractivity contribution is 5.71. The third-order valence-electron chi connectivity index (χ3n) is 9.09. The molecule has 0 saturated carbocycles. The van der Waals surface area contributed by atoms with Gasteiger partial charge in [0.15, 0.2) is 0 Å². The summed E-state index contributed by atoms with van der Waals surface area (Å²) in [6.45, 7) is 10.8. The Morgan fingerprint density at radius 1 is 1.24 bits per heavy atom. The minimum Gasteiger partial charge on any atom is -0.457 e. The highest BCUT2D eigenvalue weighted by Gasteiger charge is 2.47. The zero-order chi connectivity index (χ0) is 34.1. The maximum absolute atomic E-state index is 12.8. The summed E-state index contributed by atoms with van der Waals surface area (Å²) in [5.74, 6) is -1.40. The van der Waals surface area contributed by atoms with Gasteiger partial charge in [0, 0.05) is 24.7 Å². The molecule has 10 unspecified atom stereocenters. The number of carbonyl (C=O) groups excluding carboxylic acids is 2. The summed E-state index contributed by atoms with van der Waals surface area (Å²) in [4.78, 5) is 25.6. The van der Waals surface area contributed by atoms with Gasteiger partial charge in [-0.2, -0.15) is 0 Å². The Kier molecular flexibility index (Phi) is 13.8. The number of carbonyl (C=O) groups is 2. The molecule has 0 bridgehead atoms. The van der Waals surface area contributed by atoms with E-state index in [0.717, 1.165) is 5.56 Å². The molecule has 1 aromatic rings. The van der Waals surface area contributed by atoms with E-state index in [1.165, 1.54) is 0 Å². The van der Waals surface area contributed by atoms with Crippen molar-refractivity contribution in [2.75, 3.05) is 0 Å². The molecule has 46 heavy (non-hydrogen) atoms. The molecule has 1 aromatic carbocycles. The highest BCUT2D eigenvalue weighted by atomic mass is 16.6. The van der Waals surface area contributed by atoms with Gasteiger partial charge in [0.25, 0.3) is 0 Å². The van der Waals surface area contributed by atoms with E-state index in [4.69, 9.17) is 14.2 Å². The lowest BCUT2D eigenvalue weighted by molar-refractivity contribution is -0.159. The molecule has 2 aliphatic heterocycles. The number of rotatable bonds is 12. The highest BCUT2D eigenvalue weighted by Crippen LogP contribution is 2.37. The van der Waals surface area contributed by atoms with Gasteiger partial charge in [-0.25, -0.2) is 0 Å². The van der Waals surface area contributed by atoms with Gasteiger partial charge in [-0.15, -0.1) is 0 Å². The molecular weight excluding hydrogens is 588 g/mol. The van der Waals surface area contributed by atoms with E-state index >= 15 is 0 Å². The Balaban J connectivity index is 1.73. The zero-order valence-corrected chi connectivity index (χ0v) is 28.2. The molecule has 0 aromatic heterocycles. The monoisotopic (exact) mass is 642 g/mol. The molecule has 256 valence electrons. The van der Waals surface area contributed by atoms with Crippen LogP contribution in [0.5, 0.6) is 0 Å². The normalized spacial score (nSPS) is 32.0. The van der Waals surface area contributed by atoms with Crippen molar-refractivity contribution in [2.24, 2.45) is 11.8 Å². The lowest BCUT2D eigenvalue weighted by atomic mass is 9.88. The predicted molar refractivity (Wildman–Crippen MR) is 176 cm³/mol. The van der Waals surface area contributed by atoms with Crippen molar-refractivity contribution in [3.05, 3.63) is 71.8 Å². The van der Waals surface area contributed by atoms with Gasteiger partial charge in [-0.1, -0.05) is 75.4 Å². The van der Waals surface area contributed by atoms with Crippen molar-refractivity contribution >= 4 is 11.9 Å².